The van der Waals surface area contributed by atoms with Gasteiger partial charge in [0.15, 0.2) is 17.5 Å². The molecule has 0 aliphatic heterocycles. The number of pyridine rings is 2. The average Bonchev–Trinajstić information content (AvgIpc) is 2.85. The molecule has 0 atom stereocenters. The van der Waals surface area contributed by atoms with Crippen molar-refractivity contribution in [1.29, 1.82) is 0 Å². The van der Waals surface area contributed by atoms with Crippen LogP contribution in [0.4, 0.5) is 5.69 Å². The van der Waals surface area contributed by atoms with Gasteiger partial charge in [-0.15, -0.1) is 0 Å². The number of benzene rings is 2. The minimum Gasteiger partial charge on any atom is -0.399 e. The number of anilines is 1. The number of aromatic nitrogens is 5. The fraction of sp³-hybridized carbons (Fsp3) is 0. The van der Waals surface area contributed by atoms with Crippen molar-refractivity contribution in [2.24, 2.45) is 0 Å². The van der Waals surface area contributed by atoms with Crippen LogP contribution in [0.3, 0.4) is 0 Å². The zero-order valence-electron chi connectivity index (χ0n) is 16.6. The maximum absolute atomic E-state index is 5.91. The van der Waals surface area contributed by atoms with Gasteiger partial charge in [-0.25, -0.2) is 15.0 Å². The molecule has 3 aromatic heterocycles. The molecule has 0 aliphatic carbocycles. The average molecular weight is 402 g/mol. The molecule has 0 amide bonds. The van der Waals surface area contributed by atoms with Gasteiger partial charge in [0.05, 0.1) is 11.4 Å². The van der Waals surface area contributed by atoms with E-state index in [1.54, 1.807) is 24.5 Å². The van der Waals surface area contributed by atoms with Gasteiger partial charge >= 0.3 is 0 Å². The zero-order chi connectivity index (χ0) is 21.0. The molecule has 2 aromatic carbocycles. The molecule has 148 valence electrons. The summed E-state index contributed by atoms with van der Waals surface area (Å²) in [4.78, 5) is 23.1. The van der Waals surface area contributed by atoms with Crippen LogP contribution < -0.4 is 5.73 Å². The van der Waals surface area contributed by atoms with Crippen LogP contribution in [-0.4, -0.2) is 24.9 Å². The molecule has 3 heterocycles. The number of nitrogens with two attached hydrogens (primary N) is 1. The van der Waals surface area contributed by atoms with Gasteiger partial charge in [0.2, 0.25) is 0 Å². The molecule has 5 aromatic rings. The van der Waals surface area contributed by atoms with E-state index in [9.17, 15) is 0 Å². The second-order valence-corrected chi connectivity index (χ2v) is 6.94. The van der Waals surface area contributed by atoms with Crippen molar-refractivity contribution in [3.8, 4) is 45.6 Å². The number of hydrogen-bond acceptors (Lipinski definition) is 6. The van der Waals surface area contributed by atoms with Crippen molar-refractivity contribution in [2.75, 3.05) is 5.73 Å². The molecule has 0 unspecified atom stereocenters. The summed E-state index contributed by atoms with van der Waals surface area (Å²) in [7, 11) is 0. The van der Waals surface area contributed by atoms with E-state index in [0.29, 0.717) is 34.5 Å². The first kappa shape index (κ1) is 18.6. The maximum Gasteiger partial charge on any atom is 0.164 e. The van der Waals surface area contributed by atoms with Crippen molar-refractivity contribution in [1.82, 2.24) is 24.9 Å². The Bertz CT molecular complexity index is 1280. The lowest BCUT2D eigenvalue weighted by molar-refractivity contribution is 1.07. The lowest BCUT2D eigenvalue weighted by Crippen LogP contribution is -2.00. The van der Waals surface area contributed by atoms with Crippen LogP contribution in [0.25, 0.3) is 45.6 Å². The van der Waals surface area contributed by atoms with Crippen LogP contribution in [0.1, 0.15) is 0 Å². The molecule has 0 saturated heterocycles. The Hall–Kier alpha value is -4.45. The van der Waals surface area contributed by atoms with Crippen molar-refractivity contribution in [3.05, 3.63) is 97.3 Å². The molecule has 0 aliphatic rings. The minimum absolute atomic E-state index is 0.570. The van der Waals surface area contributed by atoms with E-state index in [1.165, 1.54) is 0 Å². The van der Waals surface area contributed by atoms with Gasteiger partial charge in [-0.1, -0.05) is 60.7 Å². The Labute approximate surface area is 179 Å². The van der Waals surface area contributed by atoms with Crippen LogP contribution in [0.2, 0.25) is 0 Å². The van der Waals surface area contributed by atoms with Gasteiger partial charge in [-0.3, -0.25) is 9.97 Å². The first-order chi connectivity index (χ1) is 15.3. The summed E-state index contributed by atoms with van der Waals surface area (Å²) in [5.74, 6) is 1.80. The standard InChI is InChI=1S/C25H18N6/c26-20-12-14-28-22(16-20)21-15-19(11-13-27-21)25-30-23(17-7-3-1-4-8-17)29-24(31-25)18-9-5-2-6-10-18/h1-16H,(H2,26,28). The van der Waals surface area contributed by atoms with E-state index in [-0.39, 0.29) is 0 Å². The number of hydrogen-bond donors (Lipinski definition) is 1. The maximum atomic E-state index is 5.91. The Morgan fingerprint density at radius 2 is 0.968 bits per heavy atom. The number of nitrogen functional groups attached to an aromatic ring is 1. The Kier molecular flexibility index (Phi) is 4.86. The van der Waals surface area contributed by atoms with Crippen LogP contribution >= 0.6 is 0 Å². The first-order valence-electron chi connectivity index (χ1n) is 9.81. The predicted octanol–water partition coefficient (Wildman–Crippen LogP) is 4.91. The van der Waals surface area contributed by atoms with Crippen LogP contribution in [0.5, 0.6) is 0 Å². The van der Waals surface area contributed by atoms with Gasteiger partial charge in [-0.2, -0.15) is 0 Å². The molecule has 0 saturated carbocycles. The molecule has 31 heavy (non-hydrogen) atoms. The van der Waals surface area contributed by atoms with Gasteiger partial charge in [-0.05, 0) is 24.3 Å². The summed E-state index contributed by atoms with van der Waals surface area (Å²) in [5.41, 5.74) is 10.6. The predicted molar refractivity (Wildman–Crippen MR) is 122 cm³/mol. The minimum atomic E-state index is 0.570. The highest BCUT2D eigenvalue weighted by molar-refractivity contribution is 5.69. The smallest absolute Gasteiger partial charge is 0.164 e. The molecular weight excluding hydrogens is 384 g/mol. The van der Waals surface area contributed by atoms with E-state index in [4.69, 9.17) is 20.7 Å². The van der Waals surface area contributed by atoms with E-state index in [2.05, 4.69) is 9.97 Å². The van der Waals surface area contributed by atoms with E-state index >= 15 is 0 Å². The topological polar surface area (TPSA) is 90.5 Å². The lowest BCUT2D eigenvalue weighted by atomic mass is 10.1. The zero-order valence-corrected chi connectivity index (χ0v) is 16.6. The molecule has 0 radical (unpaired) electrons. The van der Waals surface area contributed by atoms with Crippen molar-refractivity contribution < 1.29 is 0 Å². The molecule has 6 nitrogen and oxygen atoms in total. The molecule has 0 bridgehead atoms. The molecular formula is C25H18N6. The van der Waals surface area contributed by atoms with Gasteiger partial charge in [0, 0.05) is 34.8 Å². The summed E-state index contributed by atoms with van der Waals surface area (Å²) < 4.78 is 0. The Balaban J connectivity index is 1.66. The first-order valence-corrected chi connectivity index (χ1v) is 9.81. The summed E-state index contributed by atoms with van der Waals surface area (Å²) in [6.45, 7) is 0. The van der Waals surface area contributed by atoms with Gasteiger partial charge < -0.3 is 5.73 Å². The third kappa shape index (κ3) is 4.00. The molecule has 5 rings (SSSR count). The summed E-state index contributed by atoms with van der Waals surface area (Å²) >= 11 is 0. The monoisotopic (exact) mass is 402 g/mol. The van der Waals surface area contributed by atoms with Gasteiger partial charge in [0.25, 0.3) is 0 Å². The van der Waals surface area contributed by atoms with E-state index in [0.717, 1.165) is 16.7 Å². The fourth-order valence-electron chi connectivity index (χ4n) is 3.23. The summed E-state index contributed by atoms with van der Waals surface area (Å²) in [5, 5.41) is 0. The number of rotatable bonds is 4. The Morgan fingerprint density at radius 1 is 0.484 bits per heavy atom. The third-order valence-electron chi connectivity index (χ3n) is 4.76. The SMILES string of the molecule is Nc1ccnc(-c2cc(-c3nc(-c4ccccc4)nc(-c4ccccc4)n3)ccn2)c1. The highest BCUT2D eigenvalue weighted by Crippen LogP contribution is 2.26. The quantitative estimate of drug-likeness (QED) is 0.459. The van der Waals surface area contributed by atoms with Crippen molar-refractivity contribution in [2.45, 2.75) is 0 Å². The van der Waals surface area contributed by atoms with Crippen LogP contribution in [-0.2, 0) is 0 Å². The second kappa shape index (κ2) is 8.12. The second-order valence-electron chi connectivity index (χ2n) is 6.94. The molecule has 0 spiro atoms. The van der Waals surface area contributed by atoms with Crippen molar-refractivity contribution >= 4 is 5.69 Å². The van der Waals surface area contributed by atoms with E-state index in [1.807, 2.05) is 72.8 Å². The highest BCUT2D eigenvalue weighted by atomic mass is 15.0. The van der Waals surface area contributed by atoms with Gasteiger partial charge in [0.1, 0.15) is 0 Å². The molecule has 6 heteroatoms. The van der Waals surface area contributed by atoms with Crippen molar-refractivity contribution in [3.63, 3.8) is 0 Å². The highest BCUT2D eigenvalue weighted by Gasteiger charge is 2.13. The van der Waals surface area contributed by atoms with Crippen LogP contribution in [0, 0.1) is 0 Å². The molecule has 0 fully saturated rings. The lowest BCUT2D eigenvalue weighted by Gasteiger charge is -2.09. The molecule has 2 N–H and O–H groups in total. The normalized spacial score (nSPS) is 10.7. The van der Waals surface area contributed by atoms with Crippen LogP contribution in [0.15, 0.2) is 97.3 Å². The number of nitrogens with zero attached hydrogens (tertiary/aromatic N) is 5. The van der Waals surface area contributed by atoms with E-state index < -0.39 is 0 Å². The largest absolute Gasteiger partial charge is 0.399 e. The Morgan fingerprint density at radius 3 is 1.52 bits per heavy atom. The third-order valence-corrected chi connectivity index (χ3v) is 4.76. The summed E-state index contributed by atoms with van der Waals surface area (Å²) in [6.07, 6.45) is 3.40. The fourth-order valence-corrected chi connectivity index (χ4v) is 3.23. The summed E-state index contributed by atoms with van der Waals surface area (Å²) in [6, 6.07) is 27.1.